The number of aromatic amines is 1. The maximum absolute atomic E-state index is 12.6. The molecule has 0 aliphatic rings. The summed E-state index contributed by atoms with van der Waals surface area (Å²) in [5.41, 5.74) is 1.65. The highest BCUT2D eigenvalue weighted by atomic mass is 32.1. The molecule has 3 aromatic rings. The van der Waals surface area contributed by atoms with Crippen LogP contribution in [0.25, 0.3) is 10.9 Å². The van der Waals surface area contributed by atoms with Crippen LogP contribution in [0.3, 0.4) is 0 Å². The van der Waals surface area contributed by atoms with E-state index in [0.29, 0.717) is 0 Å². The first-order valence-corrected chi connectivity index (χ1v) is 8.59. The number of halogens is 3. The second kappa shape index (κ2) is 7.35. The Kier molecular flexibility index (Phi) is 5.13. The molecule has 2 aromatic heterocycles. The molecule has 1 aromatic carbocycles. The first-order chi connectivity index (χ1) is 12.7. The number of hydrogen-bond acceptors (Lipinski definition) is 5. The number of aromatic nitrogens is 3. The minimum atomic E-state index is -4.64. The maximum atomic E-state index is 12.6. The van der Waals surface area contributed by atoms with E-state index in [-0.39, 0.29) is 22.9 Å². The molecule has 0 spiro atoms. The van der Waals surface area contributed by atoms with Crippen LogP contribution in [-0.2, 0) is 22.2 Å². The van der Waals surface area contributed by atoms with Crippen molar-refractivity contribution in [1.29, 1.82) is 0 Å². The first kappa shape index (κ1) is 18.8. The number of para-hydroxylation sites is 1. The molecule has 1 unspecified atom stereocenters. The standard InChI is InChI=1S/C16H14F3N5O2S/c1-8(25)21-12(6-9-7-20-11-5-3-2-4-10(9)11)13(26)22-15-24-23-14(27-15)16(17,18)19/h2-5,7,12,20H,6H2,1H3,(H,21,25)(H,22,24,26). The van der Waals surface area contributed by atoms with Gasteiger partial charge in [0, 0.05) is 30.4 Å². The molecule has 7 nitrogen and oxygen atoms in total. The van der Waals surface area contributed by atoms with Gasteiger partial charge in [-0.15, -0.1) is 10.2 Å². The molecule has 3 rings (SSSR count). The van der Waals surface area contributed by atoms with Crippen molar-refractivity contribution in [2.75, 3.05) is 5.32 Å². The summed E-state index contributed by atoms with van der Waals surface area (Å²) in [5.74, 6) is -1.12. The molecule has 11 heteroatoms. The average Bonchev–Trinajstić information content (AvgIpc) is 3.21. The first-order valence-electron chi connectivity index (χ1n) is 7.77. The minimum absolute atomic E-state index is 0.153. The zero-order chi connectivity index (χ0) is 19.6. The molecule has 3 N–H and O–H groups in total. The lowest BCUT2D eigenvalue weighted by Crippen LogP contribution is -2.44. The van der Waals surface area contributed by atoms with Crippen LogP contribution in [0.1, 0.15) is 17.5 Å². The Hall–Kier alpha value is -2.95. The van der Waals surface area contributed by atoms with Crippen LogP contribution in [0.5, 0.6) is 0 Å². The second-order valence-corrected chi connectivity index (χ2v) is 6.69. The largest absolute Gasteiger partial charge is 0.445 e. The molecule has 0 bridgehead atoms. The SMILES string of the molecule is CC(=O)NC(Cc1c[nH]c2ccccc12)C(=O)Nc1nnc(C(F)(F)F)s1. The summed E-state index contributed by atoms with van der Waals surface area (Å²) in [5, 5.41) is 10.6. The highest BCUT2D eigenvalue weighted by molar-refractivity contribution is 7.15. The maximum Gasteiger partial charge on any atom is 0.445 e. The summed E-state index contributed by atoms with van der Waals surface area (Å²) in [4.78, 5) is 27.0. The van der Waals surface area contributed by atoms with Crippen LogP contribution in [0.15, 0.2) is 30.5 Å². The van der Waals surface area contributed by atoms with Crippen molar-refractivity contribution in [3.63, 3.8) is 0 Å². The zero-order valence-corrected chi connectivity index (χ0v) is 14.7. The van der Waals surface area contributed by atoms with E-state index in [4.69, 9.17) is 0 Å². The van der Waals surface area contributed by atoms with Gasteiger partial charge in [0.15, 0.2) is 0 Å². The van der Waals surface area contributed by atoms with Crippen LogP contribution in [-0.4, -0.2) is 33.0 Å². The minimum Gasteiger partial charge on any atom is -0.361 e. The van der Waals surface area contributed by atoms with Gasteiger partial charge in [0.1, 0.15) is 6.04 Å². The Labute approximate surface area is 155 Å². The normalized spacial score (nSPS) is 12.7. The fourth-order valence-corrected chi connectivity index (χ4v) is 3.17. The molecule has 0 saturated heterocycles. The number of alkyl halides is 3. The number of nitrogens with zero attached hydrogens (tertiary/aromatic N) is 2. The molecular formula is C16H14F3N5O2S. The molecule has 0 saturated carbocycles. The van der Waals surface area contributed by atoms with Crippen LogP contribution in [0.2, 0.25) is 0 Å². The predicted octanol–water partition coefficient (Wildman–Crippen LogP) is 2.72. The van der Waals surface area contributed by atoms with Crippen molar-refractivity contribution in [3.8, 4) is 0 Å². The van der Waals surface area contributed by atoms with E-state index < -0.39 is 29.0 Å². The van der Waals surface area contributed by atoms with Gasteiger partial charge in [-0.2, -0.15) is 13.2 Å². The molecule has 2 heterocycles. The van der Waals surface area contributed by atoms with Gasteiger partial charge in [-0.05, 0) is 11.6 Å². The van der Waals surface area contributed by atoms with Crippen molar-refractivity contribution in [1.82, 2.24) is 20.5 Å². The Morgan fingerprint density at radius 1 is 1.26 bits per heavy atom. The van der Waals surface area contributed by atoms with Gasteiger partial charge in [0.05, 0.1) is 0 Å². The predicted molar refractivity (Wildman–Crippen MR) is 93.1 cm³/mol. The second-order valence-electron chi connectivity index (χ2n) is 5.72. The van der Waals surface area contributed by atoms with E-state index in [1.807, 2.05) is 24.3 Å². The highest BCUT2D eigenvalue weighted by Gasteiger charge is 2.36. The third-order valence-corrected chi connectivity index (χ3v) is 4.57. The number of benzene rings is 1. The monoisotopic (exact) mass is 397 g/mol. The highest BCUT2D eigenvalue weighted by Crippen LogP contribution is 2.33. The van der Waals surface area contributed by atoms with Crippen molar-refractivity contribution in [2.24, 2.45) is 0 Å². The lowest BCUT2D eigenvalue weighted by Gasteiger charge is -2.16. The quantitative estimate of drug-likeness (QED) is 0.616. The van der Waals surface area contributed by atoms with Gasteiger partial charge < -0.3 is 10.3 Å². The fourth-order valence-electron chi connectivity index (χ4n) is 2.56. The number of fused-ring (bicyclic) bond motifs is 1. The molecule has 2 amide bonds. The summed E-state index contributed by atoms with van der Waals surface area (Å²) < 4.78 is 37.8. The van der Waals surface area contributed by atoms with E-state index in [1.54, 1.807) is 6.20 Å². The van der Waals surface area contributed by atoms with Gasteiger partial charge in [0.2, 0.25) is 22.0 Å². The van der Waals surface area contributed by atoms with Gasteiger partial charge in [-0.25, -0.2) is 0 Å². The van der Waals surface area contributed by atoms with Gasteiger partial charge >= 0.3 is 6.18 Å². The van der Waals surface area contributed by atoms with E-state index >= 15 is 0 Å². The smallest absolute Gasteiger partial charge is 0.361 e. The van der Waals surface area contributed by atoms with Crippen LogP contribution < -0.4 is 10.6 Å². The molecule has 142 valence electrons. The van der Waals surface area contributed by atoms with Crippen LogP contribution in [0.4, 0.5) is 18.3 Å². The lowest BCUT2D eigenvalue weighted by atomic mass is 10.0. The topological polar surface area (TPSA) is 99.8 Å². The van der Waals surface area contributed by atoms with E-state index in [2.05, 4.69) is 25.8 Å². The average molecular weight is 397 g/mol. The number of rotatable bonds is 5. The van der Waals surface area contributed by atoms with Crippen molar-refractivity contribution < 1.29 is 22.8 Å². The summed E-state index contributed by atoms with van der Waals surface area (Å²) in [6.07, 6.45) is -2.76. The number of amides is 2. The molecule has 0 aliphatic heterocycles. The Morgan fingerprint density at radius 3 is 2.67 bits per heavy atom. The molecule has 27 heavy (non-hydrogen) atoms. The Balaban J connectivity index is 1.78. The van der Waals surface area contributed by atoms with Crippen LogP contribution in [0, 0.1) is 0 Å². The number of carbonyl (C=O) groups is 2. The van der Waals surface area contributed by atoms with Gasteiger partial charge in [-0.3, -0.25) is 14.9 Å². The summed E-state index contributed by atoms with van der Waals surface area (Å²) in [7, 11) is 0. The van der Waals surface area contributed by atoms with E-state index in [9.17, 15) is 22.8 Å². The molecule has 0 fully saturated rings. The van der Waals surface area contributed by atoms with Crippen molar-refractivity contribution in [2.45, 2.75) is 25.6 Å². The number of nitrogens with one attached hydrogen (secondary N) is 3. The van der Waals surface area contributed by atoms with Gasteiger partial charge in [-0.1, -0.05) is 29.5 Å². The number of carbonyl (C=O) groups excluding carboxylic acids is 2. The van der Waals surface area contributed by atoms with Crippen LogP contribution >= 0.6 is 11.3 Å². The molecule has 1 atom stereocenters. The molecule has 0 radical (unpaired) electrons. The number of H-pyrrole nitrogens is 1. The van der Waals surface area contributed by atoms with Gasteiger partial charge in [0.25, 0.3) is 0 Å². The van der Waals surface area contributed by atoms with E-state index in [0.717, 1.165) is 16.5 Å². The zero-order valence-electron chi connectivity index (χ0n) is 13.9. The fraction of sp³-hybridized carbons (Fsp3) is 0.250. The molecule has 0 aliphatic carbocycles. The van der Waals surface area contributed by atoms with Crippen molar-refractivity contribution in [3.05, 3.63) is 41.0 Å². The summed E-state index contributed by atoms with van der Waals surface area (Å²) in [6, 6.07) is 6.44. The summed E-state index contributed by atoms with van der Waals surface area (Å²) in [6.45, 7) is 1.25. The third-order valence-electron chi connectivity index (χ3n) is 3.69. The summed E-state index contributed by atoms with van der Waals surface area (Å²) >= 11 is 0.217. The van der Waals surface area contributed by atoms with Crippen molar-refractivity contribution >= 4 is 39.2 Å². The number of hydrogen-bond donors (Lipinski definition) is 3. The Morgan fingerprint density at radius 2 is 2.00 bits per heavy atom. The Bertz CT molecular complexity index is 982. The number of anilines is 1. The third kappa shape index (κ3) is 4.42. The lowest BCUT2D eigenvalue weighted by molar-refractivity contribution is -0.138. The molecular weight excluding hydrogens is 383 g/mol. The van der Waals surface area contributed by atoms with E-state index in [1.165, 1.54) is 6.92 Å².